The van der Waals surface area contributed by atoms with Gasteiger partial charge in [-0.15, -0.1) is 0 Å². The van der Waals surface area contributed by atoms with E-state index in [-0.39, 0.29) is 25.9 Å². The van der Waals surface area contributed by atoms with Gasteiger partial charge in [0.05, 0.1) is 13.0 Å². The standard InChI is InChI=1S/C13H21NO5/c1-4-19-12(16)8-7-11(15)14-10(13(17)18)6-5-9(2)3/h5,10H,4,6-8H2,1-3H3,(H,14,15)(H,17,18)/t10-/m0/s1. The molecule has 0 radical (unpaired) electrons. The predicted octanol–water partition coefficient (Wildman–Crippen LogP) is 1.26. The van der Waals surface area contributed by atoms with Gasteiger partial charge in [0.2, 0.25) is 5.91 Å². The lowest BCUT2D eigenvalue weighted by atomic mass is 10.1. The molecule has 2 N–H and O–H groups in total. The summed E-state index contributed by atoms with van der Waals surface area (Å²) in [5.41, 5.74) is 0.979. The number of carbonyl (C=O) groups is 3. The van der Waals surface area contributed by atoms with Crippen LogP contribution < -0.4 is 5.32 Å². The third kappa shape index (κ3) is 8.82. The van der Waals surface area contributed by atoms with E-state index >= 15 is 0 Å². The van der Waals surface area contributed by atoms with E-state index in [1.165, 1.54) is 0 Å². The molecular weight excluding hydrogens is 250 g/mol. The van der Waals surface area contributed by atoms with Crippen molar-refractivity contribution in [3.63, 3.8) is 0 Å². The first-order chi connectivity index (χ1) is 8.86. The fraction of sp³-hybridized carbons (Fsp3) is 0.615. The fourth-order valence-electron chi connectivity index (χ4n) is 1.29. The zero-order valence-electron chi connectivity index (χ0n) is 11.6. The second-order valence-electron chi connectivity index (χ2n) is 4.28. The molecule has 0 aromatic rings. The van der Waals surface area contributed by atoms with Gasteiger partial charge in [-0.2, -0.15) is 0 Å². The Labute approximate surface area is 112 Å². The number of esters is 1. The van der Waals surface area contributed by atoms with Crippen LogP contribution in [-0.2, 0) is 19.1 Å². The van der Waals surface area contributed by atoms with E-state index in [0.717, 1.165) is 5.57 Å². The van der Waals surface area contributed by atoms with E-state index in [4.69, 9.17) is 5.11 Å². The summed E-state index contributed by atoms with van der Waals surface area (Å²) in [6, 6.07) is -0.968. The SMILES string of the molecule is CCOC(=O)CCC(=O)N[C@@H](CC=C(C)C)C(=O)O. The van der Waals surface area contributed by atoms with Gasteiger partial charge in [-0.1, -0.05) is 11.6 Å². The lowest BCUT2D eigenvalue weighted by Crippen LogP contribution is -2.40. The summed E-state index contributed by atoms with van der Waals surface area (Å²) in [7, 11) is 0. The Morgan fingerprint density at radius 1 is 1.26 bits per heavy atom. The number of carboxylic acid groups (broad SMARTS) is 1. The molecule has 0 saturated heterocycles. The summed E-state index contributed by atoms with van der Waals surface area (Å²) in [5, 5.41) is 11.3. The summed E-state index contributed by atoms with van der Waals surface area (Å²) < 4.78 is 4.68. The number of amides is 1. The first kappa shape index (κ1) is 17.2. The molecule has 0 bridgehead atoms. The molecule has 1 atom stereocenters. The van der Waals surface area contributed by atoms with E-state index in [9.17, 15) is 14.4 Å². The largest absolute Gasteiger partial charge is 0.480 e. The molecule has 1 amide bonds. The van der Waals surface area contributed by atoms with Gasteiger partial charge in [0.25, 0.3) is 0 Å². The van der Waals surface area contributed by atoms with Gasteiger partial charge in [0.15, 0.2) is 0 Å². The molecule has 0 aliphatic rings. The van der Waals surface area contributed by atoms with E-state index in [1.54, 1.807) is 13.0 Å². The molecule has 0 rings (SSSR count). The molecule has 6 heteroatoms. The summed E-state index contributed by atoms with van der Waals surface area (Å²) in [4.78, 5) is 33.5. The minimum Gasteiger partial charge on any atom is -0.480 e. The van der Waals surface area contributed by atoms with Crippen LogP contribution >= 0.6 is 0 Å². The molecule has 6 nitrogen and oxygen atoms in total. The number of hydrogen-bond acceptors (Lipinski definition) is 4. The molecule has 0 heterocycles. The zero-order valence-corrected chi connectivity index (χ0v) is 11.6. The normalized spacial score (nSPS) is 11.3. The van der Waals surface area contributed by atoms with Crippen molar-refractivity contribution in [1.82, 2.24) is 5.32 Å². The molecule has 0 spiro atoms. The molecule has 0 fully saturated rings. The van der Waals surface area contributed by atoms with Gasteiger partial charge >= 0.3 is 11.9 Å². The lowest BCUT2D eigenvalue weighted by Gasteiger charge is -2.12. The Kier molecular flexibility index (Phi) is 8.24. The van der Waals surface area contributed by atoms with Crippen LogP contribution in [0.4, 0.5) is 0 Å². The minimum absolute atomic E-state index is 0.0470. The number of carboxylic acids is 1. The van der Waals surface area contributed by atoms with Crippen LogP contribution in [0.5, 0.6) is 0 Å². The summed E-state index contributed by atoms with van der Waals surface area (Å²) >= 11 is 0. The molecular formula is C13H21NO5. The summed E-state index contributed by atoms with van der Waals surface area (Å²) in [6.45, 7) is 5.64. The van der Waals surface area contributed by atoms with Crippen molar-refractivity contribution in [2.75, 3.05) is 6.61 Å². The van der Waals surface area contributed by atoms with Crippen molar-refractivity contribution in [1.29, 1.82) is 0 Å². The van der Waals surface area contributed by atoms with E-state index < -0.39 is 23.9 Å². The van der Waals surface area contributed by atoms with Gasteiger partial charge < -0.3 is 15.2 Å². The monoisotopic (exact) mass is 271 g/mol. The molecule has 19 heavy (non-hydrogen) atoms. The van der Waals surface area contributed by atoms with Crippen molar-refractivity contribution in [3.05, 3.63) is 11.6 Å². The average Bonchev–Trinajstić information content (AvgIpc) is 2.31. The lowest BCUT2D eigenvalue weighted by molar-refractivity contribution is -0.144. The third-order valence-corrected chi connectivity index (χ3v) is 2.26. The highest BCUT2D eigenvalue weighted by molar-refractivity contribution is 5.85. The van der Waals surface area contributed by atoms with Crippen molar-refractivity contribution in [3.8, 4) is 0 Å². The quantitative estimate of drug-likeness (QED) is 0.512. The molecule has 0 aromatic carbocycles. The van der Waals surface area contributed by atoms with Gasteiger partial charge in [-0.05, 0) is 27.2 Å². The first-order valence-corrected chi connectivity index (χ1v) is 6.18. The van der Waals surface area contributed by atoms with Crippen LogP contribution in [0.15, 0.2) is 11.6 Å². The second-order valence-corrected chi connectivity index (χ2v) is 4.28. The van der Waals surface area contributed by atoms with E-state index in [0.29, 0.717) is 0 Å². The van der Waals surface area contributed by atoms with Crippen LogP contribution in [0.1, 0.15) is 40.0 Å². The highest BCUT2D eigenvalue weighted by Gasteiger charge is 2.19. The van der Waals surface area contributed by atoms with E-state index in [1.807, 2.05) is 13.8 Å². The summed E-state index contributed by atoms with van der Waals surface area (Å²) in [5.74, 6) is -2.03. The molecule has 0 saturated carbocycles. The predicted molar refractivity (Wildman–Crippen MR) is 69.5 cm³/mol. The second kappa shape index (κ2) is 9.13. The first-order valence-electron chi connectivity index (χ1n) is 6.18. The average molecular weight is 271 g/mol. The maximum absolute atomic E-state index is 11.5. The molecule has 0 aromatic heterocycles. The van der Waals surface area contributed by atoms with Crippen molar-refractivity contribution in [2.45, 2.75) is 46.1 Å². The fourth-order valence-corrected chi connectivity index (χ4v) is 1.29. The zero-order chi connectivity index (χ0) is 14.8. The Balaban J connectivity index is 4.21. The molecule has 0 aliphatic heterocycles. The number of ether oxygens (including phenoxy) is 1. The molecule has 108 valence electrons. The smallest absolute Gasteiger partial charge is 0.326 e. The van der Waals surface area contributed by atoms with Crippen LogP contribution in [0, 0.1) is 0 Å². The summed E-state index contributed by atoms with van der Waals surface area (Å²) in [6.07, 6.45) is 1.85. The van der Waals surface area contributed by atoms with Crippen LogP contribution in [-0.4, -0.2) is 35.6 Å². The van der Waals surface area contributed by atoms with Crippen molar-refractivity contribution in [2.24, 2.45) is 0 Å². The van der Waals surface area contributed by atoms with Gasteiger partial charge in [0.1, 0.15) is 6.04 Å². The van der Waals surface area contributed by atoms with Crippen LogP contribution in [0.3, 0.4) is 0 Å². The maximum Gasteiger partial charge on any atom is 0.326 e. The highest BCUT2D eigenvalue weighted by Crippen LogP contribution is 2.01. The number of nitrogens with one attached hydrogen (secondary N) is 1. The maximum atomic E-state index is 11.5. The van der Waals surface area contributed by atoms with Gasteiger partial charge in [-0.25, -0.2) is 4.79 Å². The van der Waals surface area contributed by atoms with Gasteiger partial charge in [0, 0.05) is 6.42 Å². The third-order valence-electron chi connectivity index (χ3n) is 2.26. The Bertz CT molecular complexity index is 358. The number of allylic oxidation sites excluding steroid dienone is 1. The van der Waals surface area contributed by atoms with Crippen LogP contribution in [0.2, 0.25) is 0 Å². The number of rotatable bonds is 8. The van der Waals surface area contributed by atoms with Crippen molar-refractivity contribution >= 4 is 17.8 Å². The topological polar surface area (TPSA) is 92.7 Å². The van der Waals surface area contributed by atoms with Crippen LogP contribution in [0.25, 0.3) is 0 Å². The van der Waals surface area contributed by atoms with Crippen molar-refractivity contribution < 1.29 is 24.2 Å². The van der Waals surface area contributed by atoms with E-state index in [2.05, 4.69) is 10.1 Å². The highest BCUT2D eigenvalue weighted by atomic mass is 16.5. The number of aliphatic carboxylic acids is 1. The number of hydrogen-bond donors (Lipinski definition) is 2. The Hall–Kier alpha value is -1.85. The Morgan fingerprint density at radius 3 is 2.37 bits per heavy atom. The molecule has 0 aliphatic carbocycles. The Morgan fingerprint density at radius 2 is 1.89 bits per heavy atom. The molecule has 0 unspecified atom stereocenters. The van der Waals surface area contributed by atoms with Gasteiger partial charge in [-0.3, -0.25) is 9.59 Å². The minimum atomic E-state index is -1.10. The number of carbonyl (C=O) groups excluding carboxylic acids is 2.